The Morgan fingerprint density at radius 2 is 1.77 bits per heavy atom. The number of anilines is 1. The predicted molar refractivity (Wildman–Crippen MR) is 119 cm³/mol. The number of para-hydroxylation sites is 1. The van der Waals surface area contributed by atoms with Crippen molar-refractivity contribution in [3.05, 3.63) is 53.8 Å². The third kappa shape index (κ3) is 7.43. The lowest BCUT2D eigenvalue weighted by atomic mass is 10.1. The van der Waals surface area contributed by atoms with Crippen LogP contribution in [0, 0.1) is 5.82 Å². The Morgan fingerprint density at radius 3 is 2.42 bits per heavy atom. The first-order valence-corrected chi connectivity index (χ1v) is 11.8. The molecule has 0 bridgehead atoms. The van der Waals surface area contributed by atoms with Crippen LogP contribution in [0.5, 0.6) is 11.5 Å². The van der Waals surface area contributed by atoms with Gasteiger partial charge in [0.05, 0.1) is 26.2 Å². The molecule has 0 radical (unpaired) electrons. The van der Waals surface area contributed by atoms with Crippen LogP contribution in [0.1, 0.15) is 24.8 Å². The maximum atomic E-state index is 14.0. The molecule has 0 saturated heterocycles. The molecule has 0 aliphatic rings. The number of carbonyl (C=O) groups excluding carboxylic acids is 1. The van der Waals surface area contributed by atoms with Crippen LogP contribution in [0.15, 0.2) is 42.5 Å². The van der Waals surface area contributed by atoms with Gasteiger partial charge in [0.15, 0.2) is 11.5 Å². The second kappa shape index (κ2) is 11.5. The molecular weight excluding hydrogens is 423 g/mol. The SMILES string of the molecule is COc1ccc(CCCNC(=O)CCCN(c2ccccc2F)S(C)(=O)=O)cc1OC. The highest BCUT2D eigenvalue weighted by Gasteiger charge is 2.20. The predicted octanol–water partition coefficient (Wildman–Crippen LogP) is 3.14. The number of nitrogens with zero attached hydrogens (tertiary/aromatic N) is 1. The summed E-state index contributed by atoms with van der Waals surface area (Å²) < 4.78 is 49.5. The summed E-state index contributed by atoms with van der Waals surface area (Å²) in [5, 5.41) is 2.83. The average Bonchev–Trinajstić information content (AvgIpc) is 2.74. The fourth-order valence-corrected chi connectivity index (χ4v) is 4.11. The minimum atomic E-state index is -3.66. The Bertz CT molecular complexity index is 982. The fraction of sp³-hybridized carbons (Fsp3) is 0.409. The molecular formula is C22H29FN2O5S. The molecule has 0 aliphatic carbocycles. The van der Waals surface area contributed by atoms with Crippen molar-refractivity contribution in [3.8, 4) is 11.5 Å². The van der Waals surface area contributed by atoms with E-state index in [1.807, 2.05) is 18.2 Å². The average molecular weight is 453 g/mol. The van der Waals surface area contributed by atoms with E-state index < -0.39 is 15.8 Å². The van der Waals surface area contributed by atoms with Crippen molar-refractivity contribution < 1.29 is 27.1 Å². The van der Waals surface area contributed by atoms with Crippen LogP contribution >= 0.6 is 0 Å². The summed E-state index contributed by atoms with van der Waals surface area (Å²) >= 11 is 0. The number of ether oxygens (including phenoxy) is 2. The van der Waals surface area contributed by atoms with Gasteiger partial charge in [-0.1, -0.05) is 18.2 Å². The molecule has 0 aliphatic heterocycles. The normalized spacial score (nSPS) is 11.1. The number of aryl methyl sites for hydroxylation is 1. The van der Waals surface area contributed by atoms with Crippen molar-refractivity contribution in [2.24, 2.45) is 0 Å². The smallest absolute Gasteiger partial charge is 0.232 e. The highest BCUT2D eigenvalue weighted by atomic mass is 32.2. The van der Waals surface area contributed by atoms with Crippen LogP contribution in [-0.4, -0.2) is 47.9 Å². The molecule has 0 fully saturated rings. The van der Waals surface area contributed by atoms with Crippen LogP contribution in [0.2, 0.25) is 0 Å². The van der Waals surface area contributed by atoms with Gasteiger partial charge in [-0.3, -0.25) is 9.10 Å². The molecule has 0 heterocycles. The van der Waals surface area contributed by atoms with Gasteiger partial charge >= 0.3 is 0 Å². The Balaban J connectivity index is 1.77. The molecule has 7 nitrogen and oxygen atoms in total. The number of carbonyl (C=O) groups is 1. The number of amides is 1. The third-order valence-corrected chi connectivity index (χ3v) is 5.88. The van der Waals surface area contributed by atoms with Gasteiger partial charge in [0.25, 0.3) is 0 Å². The summed E-state index contributed by atoms with van der Waals surface area (Å²) in [5.74, 6) is 0.536. The van der Waals surface area contributed by atoms with Crippen LogP contribution in [0.25, 0.3) is 0 Å². The number of sulfonamides is 1. The van der Waals surface area contributed by atoms with Gasteiger partial charge in [0.2, 0.25) is 15.9 Å². The Labute approximate surface area is 183 Å². The highest BCUT2D eigenvalue weighted by molar-refractivity contribution is 7.92. The van der Waals surface area contributed by atoms with E-state index in [9.17, 15) is 17.6 Å². The van der Waals surface area contributed by atoms with Crippen molar-refractivity contribution >= 4 is 21.6 Å². The van der Waals surface area contributed by atoms with Gasteiger partial charge in [-0.15, -0.1) is 0 Å². The van der Waals surface area contributed by atoms with Crippen LogP contribution in [0.3, 0.4) is 0 Å². The summed E-state index contributed by atoms with van der Waals surface area (Å²) in [7, 11) is -0.494. The van der Waals surface area contributed by atoms with E-state index in [2.05, 4.69) is 5.32 Å². The Morgan fingerprint density at radius 1 is 1.06 bits per heavy atom. The summed E-state index contributed by atoms with van der Waals surface area (Å²) in [6.07, 6.45) is 2.95. The molecule has 1 N–H and O–H groups in total. The monoisotopic (exact) mass is 452 g/mol. The molecule has 0 saturated carbocycles. The molecule has 2 aromatic carbocycles. The fourth-order valence-electron chi connectivity index (χ4n) is 3.15. The molecule has 31 heavy (non-hydrogen) atoms. The van der Waals surface area contributed by atoms with E-state index in [-0.39, 0.29) is 31.0 Å². The summed E-state index contributed by atoms with van der Waals surface area (Å²) in [5.41, 5.74) is 1.06. The molecule has 9 heteroatoms. The van der Waals surface area contributed by atoms with Gasteiger partial charge in [0.1, 0.15) is 5.82 Å². The zero-order valence-electron chi connectivity index (χ0n) is 18.1. The zero-order valence-corrected chi connectivity index (χ0v) is 18.9. The Kier molecular flexibility index (Phi) is 9.11. The lowest BCUT2D eigenvalue weighted by molar-refractivity contribution is -0.121. The standard InChI is InChI=1S/C22H29FN2O5S/c1-29-20-13-12-17(16-21(20)30-2)8-6-14-24-22(26)11-7-15-25(31(3,27)28)19-10-5-4-9-18(19)23/h4-5,9-10,12-13,16H,6-8,11,14-15H2,1-3H3,(H,24,26). The number of rotatable bonds is 12. The van der Waals surface area contributed by atoms with Gasteiger partial charge in [-0.25, -0.2) is 12.8 Å². The lowest BCUT2D eigenvalue weighted by Crippen LogP contribution is -2.33. The number of hydrogen-bond donors (Lipinski definition) is 1. The van der Waals surface area contributed by atoms with Crippen molar-refractivity contribution in [2.45, 2.75) is 25.7 Å². The first-order valence-electron chi connectivity index (χ1n) is 9.96. The largest absolute Gasteiger partial charge is 0.493 e. The number of nitrogens with one attached hydrogen (secondary N) is 1. The molecule has 170 valence electrons. The lowest BCUT2D eigenvalue weighted by Gasteiger charge is -2.22. The number of halogens is 1. The second-order valence-corrected chi connectivity index (χ2v) is 8.94. The van der Waals surface area contributed by atoms with Crippen molar-refractivity contribution in [1.29, 1.82) is 0 Å². The number of benzene rings is 2. The van der Waals surface area contributed by atoms with E-state index in [4.69, 9.17) is 9.47 Å². The van der Waals surface area contributed by atoms with Crippen LogP contribution in [-0.2, 0) is 21.2 Å². The maximum Gasteiger partial charge on any atom is 0.232 e. The molecule has 0 unspecified atom stereocenters. The van der Waals surface area contributed by atoms with E-state index in [0.29, 0.717) is 18.0 Å². The minimum Gasteiger partial charge on any atom is -0.493 e. The third-order valence-electron chi connectivity index (χ3n) is 4.70. The number of methoxy groups -OCH3 is 2. The quantitative estimate of drug-likeness (QED) is 0.500. The molecule has 0 aromatic heterocycles. The summed E-state index contributed by atoms with van der Waals surface area (Å²) in [4.78, 5) is 12.1. The van der Waals surface area contributed by atoms with Gasteiger partial charge in [-0.05, 0) is 49.1 Å². The molecule has 0 atom stereocenters. The van der Waals surface area contributed by atoms with Crippen molar-refractivity contribution in [1.82, 2.24) is 5.32 Å². The molecule has 0 spiro atoms. The first-order chi connectivity index (χ1) is 14.8. The van der Waals surface area contributed by atoms with E-state index in [0.717, 1.165) is 29.0 Å². The molecule has 2 rings (SSSR count). The van der Waals surface area contributed by atoms with Crippen LogP contribution < -0.4 is 19.1 Å². The van der Waals surface area contributed by atoms with Gasteiger partial charge < -0.3 is 14.8 Å². The van der Waals surface area contributed by atoms with E-state index >= 15 is 0 Å². The van der Waals surface area contributed by atoms with Crippen LogP contribution in [0.4, 0.5) is 10.1 Å². The summed E-state index contributed by atoms with van der Waals surface area (Å²) in [6, 6.07) is 11.4. The summed E-state index contributed by atoms with van der Waals surface area (Å²) in [6.45, 7) is 0.523. The van der Waals surface area contributed by atoms with Crippen molar-refractivity contribution in [2.75, 3.05) is 37.9 Å². The molecule has 2 aromatic rings. The van der Waals surface area contributed by atoms with Gasteiger partial charge in [0, 0.05) is 19.5 Å². The van der Waals surface area contributed by atoms with E-state index in [1.54, 1.807) is 20.3 Å². The molecule has 1 amide bonds. The zero-order chi connectivity index (χ0) is 22.9. The maximum absolute atomic E-state index is 14.0. The van der Waals surface area contributed by atoms with E-state index in [1.165, 1.54) is 18.2 Å². The minimum absolute atomic E-state index is 0.0136. The van der Waals surface area contributed by atoms with Gasteiger partial charge in [-0.2, -0.15) is 0 Å². The second-order valence-electron chi connectivity index (χ2n) is 7.03. The topological polar surface area (TPSA) is 84.9 Å². The van der Waals surface area contributed by atoms with Crippen molar-refractivity contribution in [3.63, 3.8) is 0 Å². The first kappa shape index (κ1) is 24.5. The number of hydrogen-bond acceptors (Lipinski definition) is 5. The highest BCUT2D eigenvalue weighted by Crippen LogP contribution is 2.28. The Hall–Kier alpha value is -2.81.